The van der Waals surface area contributed by atoms with Crippen molar-refractivity contribution in [3.63, 3.8) is 0 Å². The molecule has 0 spiro atoms. The fourth-order valence-electron chi connectivity index (χ4n) is 5.06. The molecule has 2 atom stereocenters. The van der Waals surface area contributed by atoms with Gasteiger partial charge in [0.2, 0.25) is 0 Å². The lowest BCUT2D eigenvalue weighted by molar-refractivity contribution is -0.258. The highest BCUT2D eigenvalue weighted by Gasteiger charge is 2.85. The summed E-state index contributed by atoms with van der Waals surface area (Å²) < 4.78 is 88.0. The van der Waals surface area contributed by atoms with E-state index in [0.717, 1.165) is 29.1 Å². The van der Waals surface area contributed by atoms with Gasteiger partial charge in [0.15, 0.2) is 0 Å². The van der Waals surface area contributed by atoms with Crippen molar-refractivity contribution in [2.75, 3.05) is 0 Å². The number of thioether (sulfide) groups is 2. The van der Waals surface area contributed by atoms with Gasteiger partial charge in [-0.25, -0.2) is 9.98 Å². The fraction of sp³-hybridized carbons (Fsp3) is 0.308. The van der Waals surface area contributed by atoms with Crippen LogP contribution in [0.5, 0.6) is 0 Å². The summed E-state index contributed by atoms with van der Waals surface area (Å²) in [5, 5.41) is 0.617. The molecule has 2 nitrogen and oxygen atoms in total. The van der Waals surface area contributed by atoms with Crippen molar-refractivity contribution >= 4 is 33.6 Å². The minimum Gasteiger partial charge on any atom is -0.244 e. The quantitative estimate of drug-likeness (QED) is 0.369. The molecule has 10 heteroatoms. The second-order valence-electron chi connectivity index (χ2n) is 9.51. The summed E-state index contributed by atoms with van der Waals surface area (Å²) in [7, 11) is 0. The topological polar surface area (TPSA) is 24.7 Å². The van der Waals surface area contributed by atoms with Crippen LogP contribution in [0.2, 0.25) is 0 Å². The summed E-state index contributed by atoms with van der Waals surface area (Å²) in [6, 6.07) is 15.8. The first-order valence-corrected chi connectivity index (χ1v) is 12.7. The van der Waals surface area contributed by atoms with E-state index in [4.69, 9.17) is 0 Å². The Bertz CT molecular complexity index is 1440. The minimum atomic E-state index is -5.63. The van der Waals surface area contributed by atoms with Crippen molar-refractivity contribution in [1.82, 2.24) is 0 Å². The largest absolute Gasteiger partial charge is 0.380 e. The molecule has 0 aromatic heterocycles. The Morgan fingerprint density at radius 1 is 0.611 bits per heavy atom. The second-order valence-corrected chi connectivity index (χ2v) is 12.3. The lowest BCUT2D eigenvalue weighted by atomic mass is 9.77. The zero-order valence-electron chi connectivity index (χ0n) is 19.2. The molecule has 0 bridgehead atoms. The van der Waals surface area contributed by atoms with Crippen LogP contribution in [-0.2, 0) is 0 Å². The van der Waals surface area contributed by atoms with Crippen LogP contribution in [0, 0.1) is 6.92 Å². The van der Waals surface area contributed by atoms with E-state index in [1.807, 2.05) is 19.1 Å². The predicted octanol–water partition coefficient (Wildman–Crippen LogP) is 7.64. The van der Waals surface area contributed by atoms with Crippen LogP contribution in [-0.4, -0.2) is 37.3 Å². The van der Waals surface area contributed by atoms with E-state index in [9.17, 15) is 8.78 Å². The average molecular weight is 537 g/mol. The van der Waals surface area contributed by atoms with E-state index in [1.165, 1.54) is 0 Å². The van der Waals surface area contributed by atoms with Gasteiger partial charge in [0.25, 0.3) is 0 Å². The van der Waals surface area contributed by atoms with Gasteiger partial charge in [0, 0.05) is 11.1 Å². The highest BCUT2D eigenvalue weighted by Crippen LogP contribution is 2.73. The molecule has 0 amide bonds. The van der Waals surface area contributed by atoms with Crippen LogP contribution in [0.4, 0.5) is 26.3 Å². The van der Waals surface area contributed by atoms with E-state index < -0.39 is 49.8 Å². The second kappa shape index (κ2) is 7.10. The molecule has 186 valence electrons. The molecule has 2 aliphatic carbocycles. The van der Waals surface area contributed by atoms with Gasteiger partial charge in [-0.15, -0.1) is 0 Å². The van der Waals surface area contributed by atoms with Crippen LogP contribution < -0.4 is 0 Å². The molecule has 2 aromatic carbocycles. The number of aliphatic imine (C=N–C) groups is 2. The minimum absolute atomic E-state index is 0.307. The number of hydrogen-bond donors (Lipinski definition) is 0. The smallest absolute Gasteiger partial charge is 0.244 e. The highest BCUT2D eigenvalue weighted by molar-refractivity contribution is 8.20. The first kappa shape index (κ1) is 23.9. The number of nitrogens with zero attached hydrogens (tertiary/aromatic N) is 2. The molecule has 1 saturated carbocycles. The van der Waals surface area contributed by atoms with Crippen molar-refractivity contribution in [3.8, 4) is 0 Å². The molecule has 1 fully saturated rings. The number of aryl methyl sites for hydroxylation is 1. The average Bonchev–Trinajstić information content (AvgIpc) is 3.40. The first-order chi connectivity index (χ1) is 16.8. The molecule has 2 unspecified atom stereocenters. The number of allylic oxidation sites excluding steroid dienone is 2. The molecule has 2 aromatic rings. The van der Waals surface area contributed by atoms with Gasteiger partial charge in [-0.3, -0.25) is 0 Å². The molecule has 36 heavy (non-hydrogen) atoms. The predicted molar refractivity (Wildman–Crippen MR) is 132 cm³/mol. The van der Waals surface area contributed by atoms with E-state index in [1.54, 1.807) is 56.3 Å². The molecule has 0 saturated heterocycles. The van der Waals surface area contributed by atoms with E-state index >= 15 is 17.6 Å². The summed E-state index contributed by atoms with van der Waals surface area (Å²) in [4.78, 5) is 8.72. The van der Waals surface area contributed by atoms with Crippen molar-refractivity contribution in [3.05, 3.63) is 93.8 Å². The molecular weight excluding hydrogens is 518 g/mol. The third-order valence-corrected chi connectivity index (χ3v) is 10.5. The first-order valence-electron chi connectivity index (χ1n) is 11.1. The summed E-state index contributed by atoms with van der Waals surface area (Å²) in [6.45, 7) is 5.08. The van der Waals surface area contributed by atoms with Crippen molar-refractivity contribution in [2.45, 2.75) is 48.0 Å². The van der Waals surface area contributed by atoms with Gasteiger partial charge in [-0.1, -0.05) is 83.7 Å². The Morgan fingerprint density at radius 2 is 1.03 bits per heavy atom. The molecule has 2 aliphatic heterocycles. The lowest BCUT2D eigenvalue weighted by Gasteiger charge is -2.44. The van der Waals surface area contributed by atoms with Crippen molar-refractivity contribution < 1.29 is 26.3 Å². The van der Waals surface area contributed by atoms with Gasteiger partial charge in [0.1, 0.15) is 10.1 Å². The van der Waals surface area contributed by atoms with Crippen LogP contribution >= 0.6 is 23.5 Å². The summed E-state index contributed by atoms with van der Waals surface area (Å²) in [5.74, 6) is -15.9. The van der Waals surface area contributed by atoms with Gasteiger partial charge < -0.3 is 0 Å². The Morgan fingerprint density at radius 3 is 1.47 bits per heavy atom. The van der Waals surface area contributed by atoms with Gasteiger partial charge in [-0.05, 0) is 20.8 Å². The molecule has 6 rings (SSSR count). The number of fused-ring (bicyclic) bond motifs is 4. The van der Waals surface area contributed by atoms with Crippen LogP contribution in [0.1, 0.15) is 30.5 Å². The van der Waals surface area contributed by atoms with Crippen LogP contribution in [0.3, 0.4) is 0 Å². The molecular formula is C26H18F6N2S2. The number of halogens is 6. The fourth-order valence-corrected chi connectivity index (χ4v) is 7.94. The molecule has 4 aliphatic rings. The maximum atomic E-state index is 15.3. The standard InChI is InChI=1S/C26H18F6N2S2/c1-13-9-11-15(12-10-13)21-34-19-17-16(24(27,28)26(31,32)25(17,29)30)18-22(2,23(19,3)36-21)35-20(33-18)14-7-5-4-6-8-14/h4-12H,1-3H3. The van der Waals surface area contributed by atoms with E-state index in [2.05, 4.69) is 9.98 Å². The van der Waals surface area contributed by atoms with Gasteiger partial charge in [0.05, 0.1) is 32.0 Å². The lowest BCUT2D eigenvalue weighted by Crippen LogP contribution is -2.49. The third kappa shape index (κ3) is 2.69. The number of rotatable bonds is 2. The van der Waals surface area contributed by atoms with Gasteiger partial charge in [-0.2, -0.15) is 26.3 Å². The number of benzene rings is 2. The summed E-state index contributed by atoms with van der Waals surface area (Å²) in [5.41, 5.74) is -1.56. The Hall–Kier alpha value is -2.46. The Kier molecular flexibility index (Phi) is 4.71. The third-order valence-electron chi connectivity index (χ3n) is 7.30. The molecule has 0 radical (unpaired) electrons. The Balaban J connectivity index is 1.66. The van der Waals surface area contributed by atoms with Crippen LogP contribution in [0.25, 0.3) is 0 Å². The highest BCUT2D eigenvalue weighted by atomic mass is 32.2. The number of alkyl halides is 6. The van der Waals surface area contributed by atoms with E-state index in [-0.39, 0.29) is 0 Å². The van der Waals surface area contributed by atoms with Gasteiger partial charge >= 0.3 is 17.8 Å². The zero-order valence-corrected chi connectivity index (χ0v) is 20.8. The summed E-state index contributed by atoms with van der Waals surface area (Å²) in [6.07, 6.45) is 0. The summed E-state index contributed by atoms with van der Waals surface area (Å²) >= 11 is 2.23. The Labute approximate surface area is 211 Å². The zero-order chi connectivity index (χ0) is 25.9. The SMILES string of the molecule is Cc1ccc(C2=NC3=C4C(=C5N=C(c6ccccc6)SC5(C)C3(C)S2)C(F)(F)C(F)(F)C4(F)F)cc1. The molecule has 2 heterocycles. The van der Waals surface area contributed by atoms with Crippen molar-refractivity contribution in [2.24, 2.45) is 9.98 Å². The molecule has 0 N–H and O–H groups in total. The normalized spacial score (nSPS) is 31.1. The van der Waals surface area contributed by atoms with Crippen LogP contribution in [0.15, 0.2) is 87.1 Å². The van der Waals surface area contributed by atoms with Crippen molar-refractivity contribution in [1.29, 1.82) is 0 Å². The van der Waals surface area contributed by atoms with E-state index in [0.29, 0.717) is 21.2 Å². The number of hydrogen-bond acceptors (Lipinski definition) is 4. The monoisotopic (exact) mass is 536 g/mol. The maximum absolute atomic E-state index is 15.3. The maximum Gasteiger partial charge on any atom is 0.380 e.